The molecule has 3 heterocycles. The van der Waals surface area contributed by atoms with Gasteiger partial charge >= 0.3 is 6.18 Å². The Morgan fingerprint density at radius 1 is 0.974 bits per heavy atom. The number of aliphatic hydroxyl groups is 1. The molecule has 1 aliphatic heterocycles. The van der Waals surface area contributed by atoms with E-state index in [2.05, 4.69) is 14.7 Å². The van der Waals surface area contributed by atoms with E-state index in [0.717, 1.165) is 31.4 Å². The molecule has 0 aliphatic carbocycles. The van der Waals surface area contributed by atoms with Gasteiger partial charge in [-0.15, -0.1) is 0 Å². The SMILES string of the molecule is O=S1(=O)Nc2ccc(C(F)(F)F)c(n2)-c2ccccc2CCCCCN(CCOCCCO)c2cccc1n2. The molecule has 12 heteroatoms. The first-order chi connectivity index (χ1) is 18.7. The van der Waals surface area contributed by atoms with E-state index < -0.39 is 21.8 Å². The first-order valence-corrected chi connectivity index (χ1v) is 14.3. The van der Waals surface area contributed by atoms with Crippen LogP contribution in [0.3, 0.4) is 0 Å². The summed E-state index contributed by atoms with van der Waals surface area (Å²) in [5, 5.41) is 8.67. The molecular formula is C27H31F3N4O4S. The number of aliphatic hydroxyl groups excluding tert-OH is 1. The number of anilines is 2. The van der Waals surface area contributed by atoms with Crippen molar-refractivity contribution in [2.75, 3.05) is 42.5 Å². The molecule has 0 spiro atoms. The Kier molecular flexibility index (Phi) is 9.41. The lowest BCUT2D eigenvalue weighted by atomic mass is 9.96. The summed E-state index contributed by atoms with van der Waals surface area (Å²) >= 11 is 0. The number of sulfonamides is 1. The average molecular weight is 565 g/mol. The van der Waals surface area contributed by atoms with Gasteiger partial charge in [0.25, 0.3) is 10.0 Å². The topological polar surface area (TPSA) is 105 Å². The molecule has 0 atom stereocenters. The van der Waals surface area contributed by atoms with E-state index in [1.54, 1.807) is 36.4 Å². The number of ether oxygens (including phenoxy) is 1. The predicted octanol–water partition coefficient (Wildman–Crippen LogP) is 4.90. The number of halogens is 3. The summed E-state index contributed by atoms with van der Waals surface area (Å²) in [5.74, 6) is 0.211. The van der Waals surface area contributed by atoms with Gasteiger partial charge in [0.1, 0.15) is 11.6 Å². The number of aryl methyl sites for hydroxylation is 1. The number of hydrogen-bond acceptors (Lipinski definition) is 7. The molecule has 1 aromatic carbocycles. The fourth-order valence-corrected chi connectivity index (χ4v) is 5.38. The maximum atomic E-state index is 13.9. The van der Waals surface area contributed by atoms with E-state index in [1.807, 2.05) is 4.90 Å². The summed E-state index contributed by atoms with van der Waals surface area (Å²) in [5.41, 5.74) is -0.223. The van der Waals surface area contributed by atoms with Crippen LogP contribution in [0.15, 0.2) is 59.6 Å². The van der Waals surface area contributed by atoms with Gasteiger partial charge in [-0.25, -0.2) is 9.97 Å². The van der Waals surface area contributed by atoms with Crippen LogP contribution in [0.1, 0.15) is 36.8 Å². The number of aromatic nitrogens is 2. The molecule has 39 heavy (non-hydrogen) atoms. The summed E-state index contributed by atoms with van der Waals surface area (Å²) in [6.07, 6.45) is -1.29. The third kappa shape index (κ3) is 7.46. The Hall–Kier alpha value is -3.22. The van der Waals surface area contributed by atoms with Crippen molar-refractivity contribution in [1.29, 1.82) is 0 Å². The van der Waals surface area contributed by atoms with Crippen molar-refractivity contribution in [3.05, 3.63) is 65.7 Å². The molecule has 2 N–H and O–H groups in total. The summed E-state index contributed by atoms with van der Waals surface area (Å²) in [7, 11) is -4.26. The largest absolute Gasteiger partial charge is 0.418 e. The highest BCUT2D eigenvalue weighted by molar-refractivity contribution is 7.92. The third-order valence-electron chi connectivity index (χ3n) is 6.35. The van der Waals surface area contributed by atoms with E-state index >= 15 is 0 Å². The predicted molar refractivity (Wildman–Crippen MR) is 142 cm³/mol. The summed E-state index contributed by atoms with van der Waals surface area (Å²) in [6, 6.07) is 13.2. The smallest absolute Gasteiger partial charge is 0.396 e. The van der Waals surface area contributed by atoms with Gasteiger partial charge in [-0.1, -0.05) is 36.8 Å². The quantitative estimate of drug-likeness (QED) is 0.411. The van der Waals surface area contributed by atoms with Gasteiger partial charge in [-0.05, 0) is 55.5 Å². The Morgan fingerprint density at radius 3 is 2.59 bits per heavy atom. The number of nitrogens with zero attached hydrogens (tertiary/aromatic N) is 3. The molecule has 4 bridgehead atoms. The molecule has 2 aromatic heterocycles. The first kappa shape index (κ1) is 28.8. The van der Waals surface area contributed by atoms with Crippen LogP contribution < -0.4 is 9.62 Å². The number of benzene rings is 1. The van der Waals surface area contributed by atoms with Crippen LogP contribution in [0.2, 0.25) is 0 Å². The van der Waals surface area contributed by atoms with Gasteiger partial charge in [-0.2, -0.15) is 21.6 Å². The summed E-state index contributed by atoms with van der Waals surface area (Å²) < 4.78 is 76.1. The maximum absolute atomic E-state index is 13.9. The standard InChI is InChI=1S/C27H31F3N4O4S/c28-27(29,30)22-13-14-23-31-26(22)21-10-4-3-9-20(21)8-2-1-5-15-34(16-19-38-18-7-17-35)24-11-6-12-25(32-24)39(36,37)33-23/h3-4,6,9-14,35H,1-2,5,7-8,15-19H2,(H,31,33). The van der Waals surface area contributed by atoms with Gasteiger partial charge in [0.2, 0.25) is 0 Å². The maximum Gasteiger partial charge on any atom is 0.418 e. The van der Waals surface area contributed by atoms with Gasteiger partial charge in [-0.3, -0.25) is 4.72 Å². The number of pyridine rings is 2. The molecule has 3 aromatic rings. The Labute approximate surface area is 225 Å². The number of hydrogen-bond donors (Lipinski definition) is 2. The van der Waals surface area contributed by atoms with Gasteiger partial charge in [0.05, 0.1) is 17.9 Å². The minimum Gasteiger partial charge on any atom is -0.396 e. The molecule has 0 saturated heterocycles. The van der Waals surface area contributed by atoms with Crippen molar-refractivity contribution < 1.29 is 31.4 Å². The van der Waals surface area contributed by atoms with E-state index in [9.17, 15) is 21.6 Å². The normalized spacial score (nSPS) is 15.8. The third-order valence-corrected chi connectivity index (χ3v) is 7.60. The van der Waals surface area contributed by atoms with Crippen molar-refractivity contribution in [2.24, 2.45) is 0 Å². The molecule has 4 rings (SSSR count). The number of rotatable bonds is 6. The van der Waals surface area contributed by atoms with Crippen LogP contribution in [0.5, 0.6) is 0 Å². The van der Waals surface area contributed by atoms with Crippen molar-refractivity contribution in [2.45, 2.75) is 43.3 Å². The van der Waals surface area contributed by atoms with Crippen LogP contribution in [-0.4, -0.2) is 56.4 Å². The number of nitrogens with one attached hydrogen (secondary N) is 1. The van der Waals surface area contributed by atoms with Crippen LogP contribution in [0.4, 0.5) is 24.8 Å². The number of fused-ring (bicyclic) bond motifs is 6. The van der Waals surface area contributed by atoms with Gasteiger partial charge < -0.3 is 14.7 Å². The zero-order chi connectivity index (χ0) is 27.9. The van der Waals surface area contributed by atoms with Crippen molar-refractivity contribution in [3.63, 3.8) is 0 Å². The van der Waals surface area contributed by atoms with Gasteiger partial charge in [0.15, 0.2) is 5.03 Å². The molecule has 8 nitrogen and oxygen atoms in total. The minimum absolute atomic E-state index is 0.0383. The minimum atomic E-state index is -4.67. The van der Waals surface area contributed by atoms with Crippen LogP contribution in [0, 0.1) is 0 Å². The monoisotopic (exact) mass is 564 g/mol. The molecule has 0 saturated carbocycles. The fraction of sp³-hybridized carbons (Fsp3) is 0.407. The van der Waals surface area contributed by atoms with E-state index in [-0.39, 0.29) is 23.1 Å². The second kappa shape index (κ2) is 12.8. The van der Waals surface area contributed by atoms with Crippen molar-refractivity contribution in [3.8, 4) is 11.3 Å². The molecule has 0 amide bonds. The lowest BCUT2D eigenvalue weighted by Crippen LogP contribution is -2.30. The lowest BCUT2D eigenvalue weighted by Gasteiger charge is -2.24. The Morgan fingerprint density at radius 2 is 1.79 bits per heavy atom. The highest BCUT2D eigenvalue weighted by Crippen LogP contribution is 2.38. The second-order valence-corrected chi connectivity index (χ2v) is 10.8. The molecule has 0 fully saturated rings. The molecule has 210 valence electrons. The molecule has 1 aliphatic rings. The highest BCUT2D eigenvalue weighted by atomic mass is 32.2. The Balaban J connectivity index is 1.73. The van der Waals surface area contributed by atoms with Gasteiger partial charge in [0, 0.05) is 31.9 Å². The molecule has 0 unspecified atom stereocenters. The van der Waals surface area contributed by atoms with E-state index in [4.69, 9.17) is 9.84 Å². The van der Waals surface area contributed by atoms with Crippen LogP contribution in [0.25, 0.3) is 11.3 Å². The fourth-order valence-electron chi connectivity index (χ4n) is 4.42. The average Bonchev–Trinajstić information content (AvgIpc) is 2.90. The first-order valence-electron chi connectivity index (χ1n) is 12.8. The molecular weight excluding hydrogens is 533 g/mol. The van der Waals surface area contributed by atoms with Crippen molar-refractivity contribution in [1.82, 2.24) is 9.97 Å². The van der Waals surface area contributed by atoms with Crippen LogP contribution >= 0.6 is 0 Å². The zero-order valence-electron chi connectivity index (χ0n) is 21.3. The molecule has 0 radical (unpaired) electrons. The zero-order valence-corrected chi connectivity index (χ0v) is 22.1. The van der Waals surface area contributed by atoms with E-state index in [0.29, 0.717) is 56.1 Å². The highest BCUT2D eigenvalue weighted by Gasteiger charge is 2.35. The summed E-state index contributed by atoms with van der Waals surface area (Å²) in [6.45, 7) is 1.90. The van der Waals surface area contributed by atoms with Crippen LogP contribution in [-0.2, 0) is 27.4 Å². The van der Waals surface area contributed by atoms with E-state index in [1.165, 1.54) is 6.07 Å². The Bertz CT molecular complexity index is 1370. The number of alkyl halides is 3. The summed E-state index contributed by atoms with van der Waals surface area (Å²) in [4.78, 5) is 10.4. The second-order valence-electron chi connectivity index (χ2n) is 9.17. The van der Waals surface area contributed by atoms with Crippen molar-refractivity contribution >= 4 is 21.7 Å². The lowest BCUT2D eigenvalue weighted by molar-refractivity contribution is -0.137.